The number of allylic oxidation sites excluding steroid dienone is 2. The van der Waals surface area contributed by atoms with Crippen molar-refractivity contribution < 1.29 is 4.74 Å². The lowest BCUT2D eigenvalue weighted by Crippen LogP contribution is -2.01. The molecule has 1 aromatic carbocycles. The number of benzene rings is 1. The molecule has 0 fully saturated rings. The molecule has 0 aliphatic heterocycles. The van der Waals surface area contributed by atoms with Crippen LogP contribution in [0.5, 0.6) is 5.75 Å². The minimum absolute atomic E-state index is 0.383. The van der Waals surface area contributed by atoms with Crippen LogP contribution in [0.3, 0.4) is 0 Å². The van der Waals surface area contributed by atoms with Gasteiger partial charge in [0.2, 0.25) is 0 Å². The smallest absolute Gasteiger partial charge is 0.141 e. The third kappa shape index (κ3) is 4.18. The molecule has 3 nitrogen and oxygen atoms in total. The van der Waals surface area contributed by atoms with Crippen LogP contribution in [0.25, 0.3) is 11.3 Å². The van der Waals surface area contributed by atoms with Crippen LogP contribution >= 0.6 is 0 Å². The van der Waals surface area contributed by atoms with Gasteiger partial charge in [0.05, 0.1) is 5.69 Å². The largest absolute Gasteiger partial charge is 0.488 e. The van der Waals surface area contributed by atoms with E-state index in [9.17, 15) is 0 Å². The van der Waals surface area contributed by atoms with E-state index < -0.39 is 0 Å². The third-order valence-electron chi connectivity index (χ3n) is 3.26. The van der Waals surface area contributed by atoms with Gasteiger partial charge in [-0.1, -0.05) is 49.1 Å². The average molecular weight is 302 g/mol. The lowest BCUT2D eigenvalue weighted by atomic mass is 10.1. The van der Waals surface area contributed by atoms with E-state index >= 15 is 0 Å². The molecule has 0 N–H and O–H groups in total. The molecule has 0 atom stereocenters. The van der Waals surface area contributed by atoms with E-state index in [-0.39, 0.29) is 0 Å². The fraction of sp³-hybridized carbons (Fsp3) is 0.100. The molecule has 0 amide bonds. The Kier molecular flexibility index (Phi) is 5.49. The monoisotopic (exact) mass is 302 g/mol. The van der Waals surface area contributed by atoms with Crippen molar-refractivity contribution in [3.8, 4) is 23.1 Å². The maximum absolute atomic E-state index is 9.03. The Morgan fingerprint density at radius 1 is 1.30 bits per heavy atom. The van der Waals surface area contributed by atoms with E-state index in [1.807, 2.05) is 43.3 Å². The number of aromatic nitrogens is 1. The SMILES string of the molecule is C=C/C=C(\C=C)COc1ccc(C)cc1-c1cccc(C#N)n1. The Balaban J connectivity index is 2.38. The Bertz CT molecular complexity index is 798. The van der Waals surface area contributed by atoms with Gasteiger partial charge in [0.1, 0.15) is 24.1 Å². The molecule has 0 radical (unpaired) electrons. The van der Waals surface area contributed by atoms with Crippen LogP contribution in [0, 0.1) is 18.3 Å². The molecular weight excluding hydrogens is 284 g/mol. The van der Waals surface area contributed by atoms with Crippen LogP contribution in [-0.4, -0.2) is 11.6 Å². The van der Waals surface area contributed by atoms with Gasteiger partial charge in [0.15, 0.2) is 0 Å². The first kappa shape index (κ1) is 16.3. The maximum Gasteiger partial charge on any atom is 0.141 e. The molecule has 23 heavy (non-hydrogen) atoms. The highest BCUT2D eigenvalue weighted by Gasteiger charge is 2.09. The highest BCUT2D eigenvalue weighted by atomic mass is 16.5. The van der Waals surface area contributed by atoms with E-state index in [1.54, 1.807) is 18.2 Å². The Hall–Kier alpha value is -3.12. The summed E-state index contributed by atoms with van der Waals surface area (Å²) in [4.78, 5) is 4.35. The maximum atomic E-state index is 9.03. The molecule has 1 heterocycles. The molecule has 0 saturated carbocycles. The summed E-state index contributed by atoms with van der Waals surface area (Å²) in [5, 5.41) is 9.03. The van der Waals surface area contributed by atoms with Gasteiger partial charge < -0.3 is 4.74 Å². The predicted octanol–water partition coefficient (Wildman–Crippen LogP) is 4.61. The second kappa shape index (κ2) is 7.77. The van der Waals surface area contributed by atoms with Gasteiger partial charge in [0.25, 0.3) is 0 Å². The molecule has 1 aromatic heterocycles. The normalized spacial score (nSPS) is 10.7. The van der Waals surface area contributed by atoms with Crippen molar-refractivity contribution in [3.63, 3.8) is 0 Å². The number of ether oxygens (including phenoxy) is 1. The zero-order chi connectivity index (χ0) is 16.7. The average Bonchev–Trinajstić information content (AvgIpc) is 2.59. The second-order valence-electron chi connectivity index (χ2n) is 4.99. The molecule has 0 saturated heterocycles. The zero-order valence-corrected chi connectivity index (χ0v) is 13.1. The van der Waals surface area contributed by atoms with Gasteiger partial charge in [0, 0.05) is 5.56 Å². The number of rotatable bonds is 6. The number of aryl methyl sites for hydroxylation is 1. The predicted molar refractivity (Wildman–Crippen MR) is 93.1 cm³/mol. The molecule has 0 unspecified atom stereocenters. The quantitative estimate of drug-likeness (QED) is 0.732. The summed E-state index contributed by atoms with van der Waals surface area (Å²) >= 11 is 0. The van der Waals surface area contributed by atoms with Crippen molar-refractivity contribution in [2.24, 2.45) is 0 Å². The summed E-state index contributed by atoms with van der Waals surface area (Å²) < 4.78 is 5.92. The molecule has 2 aromatic rings. The van der Waals surface area contributed by atoms with E-state index in [2.05, 4.69) is 24.2 Å². The highest BCUT2D eigenvalue weighted by Crippen LogP contribution is 2.30. The lowest BCUT2D eigenvalue weighted by Gasteiger charge is -2.12. The van der Waals surface area contributed by atoms with Crippen molar-refractivity contribution in [1.29, 1.82) is 5.26 Å². The Morgan fingerprint density at radius 2 is 2.13 bits per heavy atom. The second-order valence-corrected chi connectivity index (χ2v) is 4.99. The standard InChI is InChI=1S/C20H18N2O/c1-4-7-16(5-2)14-23-20-11-10-15(3)12-18(20)19-9-6-8-17(13-21)22-19/h4-12H,1-2,14H2,3H3/b16-7+. The first-order valence-electron chi connectivity index (χ1n) is 7.23. The summed E-state index contributed by atoms with van der Waals surface area (Å²) in [5.41, 5.74) is 4.00. The van der Waals surface area contributed by atoms with E-state index in [1.165, 1.54) is 0 Å². The van der Waals surface area contributed by atoms with Crippen LogP contribution in [-0.2, 0) is 0 Å². The first-order valence-corrected chi connectivity index (χ1v) is 7.23. The Labute approximate surface area is 136 Å². The van der Waals surface area contributed by atoms with Crippen LogP contribution in [0.1, 0.15) is 11.3 Å². The van der Waals surface area contributed by atoms with Crippen LogP contribution in [0.15, 0.2) is 73.4 Å². The van der Waals surface area contributed by atoms with Crippen molar-refractivity contribution in [1.82, 2.24) is 4.98 Å². The summed E-state index contributed by atoms with van der Waals surface area (Å²) in [6, 6.07) is 13.3. The van der Waals surface area contributed by atoms with Gasteiger partial charge in [-0.2, -0.15) is 5.26 Å². The molecular formula is C20H18N2O. The summed E-state index contributed by atoms with van der Waals surface area (Å²) in [6.45, 7) is 9.84. The van der Waals surface area contributed by atoms with Gasteiger partial charge in [-0.25, -0.2) is 4.98 Å². The number of nitrogens with zero attached hydrogens (tertiary/aromatic N) is 2. The number of hydrogen-bond acceptors (Lipinski definition) is 3. The van der Waals surface area contributed by atoms with Crippen molar-refractivity contribution >= 4 is 0 Å². The molecule has 0 aliphatic rings. The van der Waals surface area contributed by atoms with Crippen molar-refractivity contribution in [3.05, 3.63) is 84.6 Å². The number of nitriles is 1. The number of pyridine rings is 1. The minimum atomic E-state index is 0.383. The Morgan fingerprint density at radius 3 is 2.83 bits per heavy atom. The topological polar surface area (TPSA) is 45.9 Å². The van der Waals surface area contributed by atoms with E-state index in [4.69, 9.17) is 10.00 Å². The molecule has 114 valence electrons. The van der Waals surface area contributed by atoms with Crippen LogP contribution < -0.4 is 4.74 Å². The fourth-order valence-corrected chi connectivity index (χ4v) is 2.10. The van der Waals surface area contributed by atoms with Crippen LogP contribution in [0.4, 0.5) is 0 Å². The lowest BCUT2D eigenvalue weighted by molar-refractivity contribution is 0.357. The zero-order valence-electron chi connectivity index (χ0n) is 13.1. The summed E-state index contributed by atoms with van der Waals surface area (Å²) in [5.74, 6) is 0.718. The van der Waals surface area contributed by atoms with Crippen molar-refractivity contribution in [2.45, 2.75) is 6.92 Å². The van der Waals surface area contributed by atoms with Gasteiger partial charge >= 0.3 is 0 Å². The van der Waals surface area contributed by atoms with E-state index in [0.717, 1.165) is 28.1 Å². The first-order chi connectivity index (χ1) is 11.2. The fourth-order valence-electron chi connectivity index (χ4n) is 2.10. The van der Waals surface area contributed by atoms with Gasteiger partial charge in [-0.05, 0) is 36.8 Å². The van der Waals surface area contributed by atoms with Gasteiger partial charge in [-0.3, -0.25) is 0 Å². The molecule has 0 spiro atoms. The molecule has 0 bridgehead atoms. The van der Waals surface area contributed by atoms with Gasteiger partial charge in [-0.15, -0.1) is 0 Å². The molecule has 0 aliphatic carbocycles. The molecule has 3 heteroatoms. The number of hydrogen-bond donors (Lipinski definition) is 0. The highest BCUT2D eigenvalue weighted by molar-refractivity contribution is 5.68. The summed E-state index contributed by atoms with van der Waals surface area (Å²) in [6.07, 6.45) is 5.30. The summed E-state index contributed by atoms with van der Waals surface area (Å²) in [7, 11) is 0. The van der Waals surface area contributed by atoms with E-state index in [0.29, 0.717) is 12.3 Å². The third-order valence-corrected chi connectivity index (χ3v) is 3.26. The van der Waals surface area contributed by atoms with Crippen molar-refractivity contribution in [2.75, 3.05) is 6.61 Å². The minimum Gasteiger partial charge on any atom is -0.488 e. The molecule has 2 rings (SSSR count). The van der Waals surface area contributed by atoms with Crippen LogP contribution in [0.2, 0.25) is 0 Å².